The SMILES string of the molecule is CC(C)[C@H]1CN(C(=O)CN(C)C)CCCN1Cc1ccc(F)cc1. The number of rotatable bonds is 5. The molecule has 1 aliphatic rings. The highest BCUT2D eigenvalue weighted by atomic mass is 19.1. The van der Waals surface area contributed by atoms with Crippen LogP contribution in [0.5, 0.6) is 0 Å². The monoisotopic (exact) mass is 335 g/mol. The number of carbonyl (C=O) groups excluding carboxylic acids is 1. The van der Waals surface area contributed by atoms with E-state index in [2.05, 4.69) is 18.7 Å². The first-order chi connectivity index (χ1) is 11.4. The van der Waals surface area contributed by atoms with Gasteiger partial charge in [0.05, 0.1) is 6.54 Å². The van der Waals surface area contributed by atoms with Crippen LogP contribution in [0.25, 0.3) is 0 Å². The van der Waals surface area contributed by atoms with E-state index in [9.17, 15) is 9.18 Å². The number of carbonyl (C=O) groups is 1. The van der Waals surface area contributed by atoms with Crippen LogP contribution in [0.1, 0.15) is 25.8 Å². The molecule has 0 N–H and O–H groups in total. The summed E-state index contributed by atoms with van der Waals surface area (Å²) in [6.45, 7) is 8.24. The van der Waals surface area contributed by atoms with Crippen molar-refractivity contribution < 1.29 is 9.18 Å². The maximum Gasteiger partial charge on any atom is 0.236 e. The molecule has 0 aliphatic carbocycles. The first-order valence-electron chi connectivity index (χ1n) is 8.78. The van der Waals surface area contributed by atoms with Gasteiger partial charge < -0.3 is 9.80 Å². The van der Waals surface area contributed by atoms with E-state index in [4.69, 9.17) is 0 Å². The molecule has 1 fully saturated rings. The molecule has 0 radical (unpaired) electrons. The van der Waals surface area contributed by atoms with E-state index < -0.39 is 0 Å². The van der Waals surface area contributed by atoms with E-state index >= 15 is 0 Å². The van der Waals surface area contributed by atoms with Crippen molar-refractivity contribution in [3.63, 3.8) is 0 Å². The van der Waals surface area contributed by atoms with Gasteiger partial charge in [-0.2, -0.15) is 0 Å². The van der Waals surface area contributed by atoms with Crippen LogP contribution in [0.15, 0.2) is 24.3 Å². The van der Waals surface area contributed by atoms with Crippen LogP contribution in [0.2, 0.25) is 0 Å². The average Bonchev–Trinajstić information content (AvgIpc) is 2.71. The van der Waals surface area contributed by atoms with Gasteiger partial charge in [-0.15, -0.1) is 0 Å². The van der Waals surface area contributed by atoms with E-state index in [1.807, 2.05) is 36.0 Å². The quantitative estimate of drug-likeness (QED) is 0.827. The molecular formula is C19H30FN3O. The summed E-state index contributed by atoms with van der Waals surface area (Å²) in [5.74, 6) is 0.461. The highest BCUT2D eigenvalue weighted by Gasteiger charge is 2.29. The second kappa shape index (κ2) is 8.58. The lowest BCUT2D eigenvalue weighted by Gasteiger charge is -2.34. The normalized spacial score (nSPS) is 19.8. The third-order valence-electron chi connectivity index (χ3n) is 4.62. The molecule has 1 atom stereocenters. The van der Waals surface area contributed by atoms with Crippen LogP contribution in [-0.2, 0) is 11.3 Å². The molecule has 0 spiro atoms. The zero-order valence-corrected chi connectivity index (χ0v) is 15.3. The lowest BCUT2D eigenvalue weighted by Crippen LogP contribution is -2.47. The fraction of sp³-hybridized carbons (Fsp3) is 0.632. The Bertz CT molecular complexity index is 530. The predicted molar refractivity (Wildman–Crippen MR) is 95.2 cm³/mol. The highest BCUT2D eigenvalue weighted by Crippen LogP contribution is 2.20. The Morgan fingerprint density at radius 1 is 1.25 bits per heavy atom. The summed E-state index contributed by atoms with van der Waals surface area (Å²) in [5.41, 5.74) is 1.12. The minimum atomic E-state index is -0.199. The number of likely N-dealkylation sites (N-methyl/N-ethyl adjacent to an activating group) is 1. The molecule has 2 rings (SSSR count). The average molecular weight is 335 g/mol. The van der Waals surface area contributed by atoms with Gasteiger partial charge in [-0.1, -0.05) is 26.0 Å². The Morgan fingerprint density at radius 3 is 2.50 bits per heavy atom. The van der Waals surface area contributed by atoms with Crippen LogP contribution < -0.4 is 0 Å². The van der Waals surface area contributed by atoms with Crippen LogP contribution in [0, 0.1) is 11.7 Å². The van der Waals surface area contributed by atoms with Crippen LogP contribution in [0.3, 0.4) is 0 Å². The predicted octanol–water partition coefficient (Wildman–Crippen LogP) is 2.45. The van der Waals surface area contributed by atoms with Gasteiger partial charge in [0.2, 0.25) is 5.91 Å². The van der Waals surface area contributed by atoms with Crippen LogP contribution in [-0.4, -0.2) is 66.9 Å². The van der Waals surface area contributed by atoms with Gasteiger partial charge in [-0.3, -0.25) is 9.69 Å². The van der Waals surface area contributed by atoms with Crippen LogP contribution in [0.4, 0.5) is 4.39 Å². The fourth-order valence-corrected chi connectivity index (χ4v) is 3.31. The molecule has 1 aromatic carbocycles. The molecule has 1 aliphatic heterocycles. The van der Waals surface area contributed by atoms with Crippen molar-refractivity contribution in [1.82, 2.24) is 14.7 Å². The van der Waals surface area contributed by atoms with Crippen molar-refractivity contribution in [2.75, 3.05) is 40.3 Å². The molecule has 0 unspecified atom stereocenters. The fourth-order valence-electron chi connectivity index (χ4n) is 3.31. The second-order valence-electron chi connectivity index (χ2n) is 7.34. The molecule has 1 saturated heterocycles. The second-order valence-corrected chi connectivity index (χ2v) is 7.34. The number of benzene rings is 1. The number of hydrogen-bond donors (Lipinski definition) is 0. The third-order valence-corrected chi connectivity index (χ3v) is 4.62. The molecule has 1 aromatic rings. The Hall–Kier alpha value is -1.46. The topological polar surface area (TPSA) is 26.8 Å². The van der Waals surface area contributed by atoms with Gasteiger partial charge in [0.15, 0.2) is 0 Å². The summed E-state index contributed by atoms with van der Waals surface area (Å²) in [6.07, 6.45) is 0.976. The molecule has 0 aromatic heterocycles. The van der Waals surface area contributed by atoms with Gasteiger partial charge in [-0.25, -0.2) is 4.39 Å². The minimum absolute atomic E-state index is 0.199. The molecule has 1 heterocycles. The molecule has 1 amide bonds. The maximum atomic E-state index is 13.1. The van der Waals surface area contributed by atoms with Gasteiger partial charge in [0.25, 0.3) is 0 Å². The van der Waals surface area contributed by atoms with Crippen molar-refractivity contribution in [3.05, 3.63) is 35.6 Å². The summed E-state index contributed by atoms with van der Waals surface area (Å²) >= 11 is 0. The van der Waals surface area contributed by atoms with E-state index in [1.165, 1.54) is 12.1 Å². The van der Waals surface area contributed by atoms with E-state index in [0.717, 1.165) is 38.2 Å². The zero-order valence-electron chi connectivity index (χ0n) is 15.3. The van der Waals surface area contributed by atoms with Crippen molar-refractivity contribution in [2.24, 2.45) is 5.92 Å². The summed E-state index contributed by atoms with van der Waals surface area (Å²) < 4.78 is 13.1. The summed E-state index contributed by atoms with van der Waals surface area (Å²) in [6, 6.07) is 7.07. The molecule has 4 nitrogen and oxygen atoms in total. The van der Waals surface area contributed by atoms with E-state index in [1.54, 1.807) is 0 Å². The molecule has 134 valence electrons. The molecule has 24 heavy (non-hydrogen) atoms. The van der Waals surface area contributed by atoms with Gasteiger partial charge in [-0.05, 0) is 44.1 Å². The van der Waals surface area contributed by atoms with Gasteiger partial charge in [0, 0.05) is 32.2 Å². The van der Waals surface area contributed by atoms with Crippen molar-refractivity contribution in [2.45, 2.75) is 32.9 Å². The smallest absolute Gasteiger partial charge is 0.236 e. The molecule has 0 bridgehead atoms. The maximum absolute atomic E-state index is 13.1. The summed E-state index contributed by atoms with van der Waals surface area (Å²) in [7, 11) is 3.85. The van der Waals surface area contributed by atoms with E-state index in [0.29, 0.717) is 18.5 Å². The molecule has 5 heteroatoms. The van der Waals surface area contributed by atoms with Crippen molar-refractivity contribution >= 4 is 5.91 Å². The van der Waals surface area contributed by atoms with Crippen LogP contribution >= 0.6 is 0 Å². The van der Waals surface area contributed by atoms with Gasteiger partial charge in [0.1, 0.15) is 5.82 Å². The van der Waals surface area contributed by atoms with Crippen molar-refractivity contribution in [1.29, 1.82) is 0 Å². The zero-order chi connectivity index (χ0) is 17.7. The Morgan fingerprint density at radius 2 is 1.92 bits per heavy atom. The highest BCUT2D eigenvalue weighted by molar-refractivity contribution is 5.78. The molecule has 0 saturated carbocycles. The van der Waals surface area contributed by atoms with Gasteiger partial charge >= 0.3 is 0 Å². The standard InChI is InChI=1S/C19H30FN3O/c1-15(2)18-13-23(19(24)14-21(3)4)11-5-10-22(18)12-16-6-8-17(20)9-7-16/h6-9,15,18H,5,10-14H2,1-4H3/t18-/m1/s1. The third kappa shape index (κ3) is 5.28. The largest absolute Gasteiger partial charge is 0.340 e. The Labute approximate surface area is 145 Å². The Balaban J connectivity index is 2.08. The first-order valence-corrected chi connectivity index (χ1v) is 8.78. The van der Waals surface area contributed by atoms with E-state index in [-0.39, 0.29) is 11.7 Å². The number of hydrogen-bond acceptors (Lipinski definition) is 3. The number of amides is 1. The lowest BCUT2D eigenvalue weighted by atomic mass is 10.0. The Kier molecular flexibility index (Phi) is 6.75. The van der Waals surface area contributed by atoms with Crippen molar-refractivity contribution in [3.8, 4) is 0 Å². The summed E-state index contributed by atoms with van der Waals surface area (Å²) in [4.78, 5) is 18.8. The minimum Gasteiger partial charge on any atom is -0.340 e. The number of nitrogens with zero attached hydrogens (tertiary/aromatic N) is 3. The first kappa shape index (κ1) is 18.9. The summed E-state index contributed by atoms with van der Waals surface area (Å²) in [5, 5.41) is 0. The molecular weight excluding hydrogens is 305 g/mol. The lowest BCUT2D eigenvalue weighted by molar-refractivity contribution is -0.132. The number of halogens is 1.